The first-order valence-corrected chi connectivity index (χ1v) is 9.20. The number of ether oxygens (including phenoxy) is 2. The van der Waals surface area contributed by atoms with E-state index >= 15 is 0 Å². The van der Waals surface area contributed by atoms with Gasteiger partial charge in [0.05, 0.1) is 7.11 Å². The summed E-state index contributed by atoms with van der Waals surface area (Å²) in [5.41, 5.74) is 1.66. The molecule has 0 saturated carbocycles. The van der Waals surface area contributed by atoms with Gasteiger partial charge < -0.3 is 20.1 Å². The Balaban J connectivity index is 1.54. The summed E-state index contributed by atoms with van der Waals surface area (Å²) in [6.45, 7) is 0.337. The third kappa shape index (κ3) is 6.11. The van der Waals surface area contributed by atoms with Crippen LogP contribution < -0.4 is 20.1 Å². The molecule has 10 heteroatoms. The third-order valence-electron chi connectivity index (χ3n) is 3.69. The molecule has 3 aromatic rings. The average molecular weight is 423 g/mol. The van der Waals surface area contributed by atoms with Crippen molar-refractivity contribution < 1.29 is 27.4 Å². The Hall–Kier alpha value is -3.27. The number of nitrogens with one attached hydrogen (secondary N) is 2. The molecule has 0 aliphatic carbocycles. The molecule has 6 nitrogen and oxygen atoms in total. The van der Waals surface area contributed by atoms with Crippen LogP contribution in [0.1, 0.15) is 16.1 Å². The molecule has 0 aliphatic rings. The molecule has 29 heavy (non-hydrogen) atoms. The van der Waals surface area contributed by atoms with Gasteiger partial charge in [-0.2, -0.15) is 0 Å². The molecule has 0 saturated heterocycles. The van der Waals surface area contributed by atoms with Crippen LogP contribution in [0.25, 0.3) is 0 Å². The molecule has 0 unspecified atom stereocenters. The number of alkyl halides is 3. The van der Waals surface area contributed by atoms with Crippen LogP contribution in [0.3, 0.4) is 0 Å². The van der Waals surface area contributed by atoms with Gasteiger partial charge in [-0.05, 0) is 42.0 Å². The Labute approximate surface area is 168 Å². The van der Waals surface area contributed by atoms with Crippen molar-refractivity contribution in [3.8, 4) is 11.5 Å². The summed E-state index contributed by atoms with van der Waals surface area (Å²) < 4.78 is 45.5. The van der Waals surface area contributed by atoms with E-state index in [9.17, 15) is 18.0 Å². The fourth-order valence-electron chi connectivity index (χ4n) is 2.32. The monoisotopic (exact) mass is 423 g/mol. The number of amides is 1. The summed E-state index contributed by atoms with van der Waals surface area (Å²) in [5, 5.41) is 7.73. The van der Waals surface area contributed by atoms with Crippen LogP contribution in [0, 0.1) is 0 Å². The summed E-state index contributed by atoms with van der Waals surface area (Å²) >= 11 is 1.20. The second-order valence-electron chi connectivity index (χ2n) is 5.77. The molecule has 152 valence electrons. The number of carbonyl (C=O) groups is 1. The van der Waals surface area contributed by atoms with Gasteiger partial charge in [-0.25, -0.2) is 4.98 Å². The first kappa shape index (κ1) is 20.5. The number of carbonyl (C=O) groups excluding carboxylic acids is 1. The van der Waals surface area contributed by atoms with Gasteiger partial charge in [0.15, 0.2) is 5.13 Å². The van der Waals surface area contributed by atoms with Crippen molar-refractivity contribution in [2.75, 3.05) is 12.4 Å². The van der Waals surface area contributed by atoms with E-state index < -0.39 is 6.36 Å². The predicted molar refractivity (Wildman–Crippen MR) is 103 cm³/mol. The lowest BCUT2D eigenvalue weighted by molar-refractivity contribution is -0.274. The number of aromatic nitrogens is 1. The molecule has 3 rings (SSSR count). The largest absolute Gasteiger partial charge is 0.573 e. The maximum Gasteiger partial charge on any atom is 0.573 e. The Morgan fingerprint density at radius 2 is 1.72 bits per heavy atom. The zero-order chi connectivity index (χ0) is 20.9. The van der Waals surface area contributed by atoms with Crippen molar-refractivity contribution in [3.63, 3.8) is 0 Å². The zero-order valence-electron chi connectivity index (χ0n) is 15.1. The number of methoxy groups -OCH3 is 1. The highest BCUT2D eigenvalue weighted by atomic mass is 32.1. The van der Waals surface area contributed by atoms with E-state index in [1.165, 1.54) is 35.6 Å². The molecule has 2 aromatic carbocycles. The fraction of sp³-hybridized carbons (Fsp3) is 0.158. The Morgan fingerprint density at radius 3 is 2.34 bits per heavy atom. The molecule has 0 spiro atoms. The van der Waals surface area contributed by atoms with E-state index in [0.29, 0.717) is 17.4 Å². The number of hydrogen-bond donors (Lipinski definition) is 2. The lowest BCUT2D eigenvalue weighted by atomic mass is 10.2. The van der Waals surface area contributed by atoms with E-state index in [1.807, 2.05) is 12.1 Å². The molecule has 0 atom stereocenters. The highest BCUT2D eigenvalue weighted by Crippen LogP contribution is 2.26. The number of thiazole rings is 1. The molecule has 0 bridgehead atoms. The minimum Gasteiger partial charge on any atom is -0.497 e. The summed E-state index contributed by atoms with van der Waals surface area (Å²) in [5.74, 6) is 0.0770. The van der Waals surface area contributed by atoms with Gasteiger partial charge in [0, 0.05) is 17.6 Å². The van der Waals surface area contributed by atoms with E-state index in [1.54, 1.807) is 24.6 Å². The average Bonchev–Trinajstić information content (AvgIpc) is 3.15. The number of hydrogen-bond acceptors (Lipinski definition) is 6. The van der Waals surface area contributed by atoms with Crippen molar-refractivity contribution in [1.29, 1.82) is 0 Å². The maximum atomic E-state index is 12.2. The van der Waals surface area contributed by atoms with Crippen LogP contribution in [0.5, 0.6) is 11.5 Å². The first-order valence-electron chi connectivity index (χ1n) is 8.32. The first-order chi connectivity index (χ1) is 13.8. The normalized spacial score (nSPS) is 11.0. The van der Waals surface area contributed by atoms with Crippen molar-refractivity contribution in [3.05, 3.63) is 65.2 Å². The number of rotatable bonds is 7. The SMILES string of the molecule is COc1ccc(CNC(=O)c2csc(Nc3ccc(OC(F)(F)F)cc3)n2)cc1. The maximum absolute atomic E-state index is 12.2. The number of nitrogens with zero attached hydrogens (tertiary/aromatic N) is 1. The van der Waals surface area contributed by atoms with Gasteiger partial charge in [0.2, 0.25) is 0 Å². The summed E-state index contributed by atoms with van der Waals surface area (Å²) in [6, 6.07) is 12.5. The Kier molecular flexibility index (Phi) is 6.23. The van der Waals surface area contributed by atoms with E-state index in [2.05, 4.69) is 20.4 Å². The van der Waals surface area contributed by atoms with E-state index in [4.69, 9.17) is 4.74 Å². The molecular weight excluding hydrogens is 407 g/mol. The van der Waals surface area contributed by atoms with Gasteiger partial charge in [-0.15, -0.1) is 24.5 Å². The van der Waals surface area contributed by atoms with Gasteiger partial charge in [0.25, 0.3) is 5.91 Å². The zero-order valence-corrected chi connectivity index (χ0v) is 15.9. The summed E-state index contributed by atoms with van der Waals surface area (Å²) in [4.78, 5) is 16.4. The smallest absolute Gasteiger partial charge is 0.497 e. The van der Waals surface area contributed by atoms with Crippen LogP contribution in [-0.4, -0.2) is 24.4 Å². The molecule has 2 N–H and O–H groups in total. The van der Waals surface area contributed by atoms with Crippen LogP contribution in [0.2, 0.25) is 0 Å². The molecule has 0 aliphatic heterocycles. The van der Waals surface area contributed by atoms with E-state index in [0.717, 1.165) is 11.3 Å². The Morgan fingerprint density at radius 1 is 1.07 bits per heavy atom. The molecule has 1 heterocycles. The second kappa shape index (κ2) is 8.82. The van der Waals surface area contributed by atoms with Crippen LogP contribution in [0.15, 0.2) is 53.9 Å². The van der Waals surface area contributed by atoms with Crippen LogP contribution >= 0.6 is 11.3 Å². The quantitative estimate of drug-likeness (QED) is 0.575. The van der Waals surface area contributed by atoms with Gasteiger partial charge in [-0.1, -0.05) is 12.1 Å². The highest BCUT2D eigenvalue weighted by molar-refractivity contribution is 7.14. The minimum atomic E-state index is -4.74. The van der Waals surface area contributed by atoms with Gasteiger partial charge >= 0.3 is 6.36 Å². The van der Waals surface area contributed by atoms with Crippen molar-refractivity contribution in [2.45, 2.75) is 12.9 Å². The molecule has 0 fully saturated rings. The predicted octanol–water partition coefficient (Wildman–Crippen LogP) is 4.72. The lowest BCUT2D eigenvalue weighted by Gasteiger charge is -2.09. The minimum absolute atomic E-state index is 0.239. The fourth-order valence-corrected chi connectivity index (χ4v) is 3.03. The standard InChI is InChI=1S/C19H16F3N3O3S/c1-27-14-6-2-12(3-7-14)10-23-17(26)16-11-29-18(25-16)24-13-4-8-15(9-5-13)28-19(20,21)22/h2-9,11H,10H2,1H3,(H,23,26)(H,24,25). The second-order valence-corrected chi connectivity index (χ2v) is 6.62. The van der Waals surface area contributed by atoms with Crippen LogP contribution in [-0.2, 0) is 6.54 Å². The summed E-state index contributed by atoms with van der Waals surface area (Å²) in [6.07, 6.45) is -4.74. The van der Waals surface area contributed by atoms with Crippen molar-refractivity contribution in [1.82, 2.24) is 10.3 Å². The molecule has 0 radical (unpaired) electrons. The number of halogens is 3. The summed E-state index contributed by atoms with van der Waals surface area (Å²) in [7, 11) is 1.58. The highest BCUT2D eigenvalue weighted by Gasteiger charge is 2.30. The van der Waals surface area contributed by atoms with E-state index in [-0.39, 0.29) is 17.4 Å². The molecule has 1 amide bonds. The molecule has 1 aromatic heterocycles. The van der Waals surface area contributed by atoms with Gasteiger partial charge in [0.1, 0.15) is 17.2 Å². The third-order valence-corrected chi connectivity index (χ3v) is 4.45. The van der Waals surface area contributed by atoms with Crippen LogP contribution in [0.4, 0.5) is 24.0 Å². The van der Waals surface area contributed by atoms with Gasteiger partial charge in [-0.3, -0.25) is 4.79 Å². The Bertz CT molecular complexity index is 957. The molecular formula is C19H16F3N3O3S. The lowest BCUT2D eigenvalue weighted by Crippen LogP contribution is -2.23. The topological polar surface area (TPSA) is 72.5 Å². The number of benzene rings is 2. The van der Waals surface area contributed by atoms with Crippen molar-refractivity contribution in [2.24, 2.45) is 0 Å². The number of anilines is 2. The van der Waals surface area contributed by atoms with Crippen molar-refractivity contribution >= 4 is 28.1 Å².